The van der Waals surface area contributed by atoms with Crippen LogP contribution in [0.5, 0.6) is 0 Å². The molecule has 26 heavy (non-hydrogen) atoms. The molecule has 2 aromatic rings. The number of para-hydroxylation sites is 1. The number of anilines is 1. The number of hydrogen-bond acceptors (Lipinski definition) is 5. The van der Waals surface area contributed by atoms with Crippen molar-refractivity contribution < 1.29 is 27.9 Å². The molecule has 0 aliphatic rings. The smallest absolute Gasteiger partial charge is 0.445 e. The second-order valence-corrected chi connectivity index (χ2v) is 7.16. The minimum atomic E-state index is -4.44. The highest BCUT2D eigenvalue weighted by Gasteiger charge is 2.32. The maximum absolute atomic E-state index is 12.6. The number of rotatable bonds is 8. The Hall–Kier alpha value is -2.87. The average Bonchev–Trinajstić information content (AvgIpc) is 2.64. The number of sulfonamides is 1. The van der Waals surface area contributed by atoms with Gasteiger partial charge in [-0.3, -0.25) is 9.10 Å². The molecule has 0 aliphatic heterocycles. The zero-order valence-corrected chi connectivity index (χ0v) is 14.8. The van der Waals surface area contributed by atoms with Gasteiger partial charge in [-0.2, -0.15) is 8.42 Å². The maximum Gasteiger partial charge on any atom is 0.445 e. The van der Waals surface area contributed by atoms with Crippen molar-refractivity contribution in [2.24, 2.45) is 0 Å². The van der Waals surface area contributed by atoms with Crippen LogP contribution < -0.4 is 4.31 Å². The first-order valence-electron chi connectivity index (χ1n) is 7.91. The van der Waals surface area contributed by atoms with Crippen LogP contribution in [0.25, 0.3) is 0 Å². The number of carboxylic acid groups (broad SMARTS) is 1. The Morgan fingerprint density at radius 2 is 1.54 bits per heavy atom. The summed E-state index contributed by atoms with van der Waals surface area (Å²) in [7, 11) is -4.44. The van der Waals surface area contributed by atoms with E-state index >= 15 is 0 Å². The van der Waals surface area contributed by atoms with E-state index in [2.05, 4.69) is 0 Å². The van der Waals surface area contributed by atoms with Crippen molar-refractivity contribution in [2.75, 3.05) is 10.8 Å². The van der Waals surface area contributed by atoms with Crippen molar-refractivity contribution in [3.63, 3.8) is 0 Å². The Labute approximate surface area is 151 Å². The second kappa shape index (κ2) is 9.00. The average molecular weight is 377 g/mol. The lowest BCUT2D eigenvalue weighted by atomic mass is 10.2. The molecule has 2 rings (SSSR count). The molecule has 0 fully saturated rings. The van der Waals surface area contributed by atoms with Gasteiger partial charge < -0.3 is 9.84 Å². The van der Waals surface area contributed by atoms with E-state index < -0.39 is 21.3 Å². The third kappa shape index (κ3) is 5.32. The van der Waals surface area contributed by atoms with E-state index in [1.54, 1.807) is 48.5 Å². The van der Waals surface area contributed by atoms with E-state index in [1.165, 1.54) is 12.1 Å². The molecule has 7 nitrogen and oxygen atoms in total. The third-order valence-corrected chi connectivity index (χ3v) is 5.01. The van der Waals surface area contributed by atoms with Gasteiger partial charge in [0.2, 0.25) is 0 Å². The van der Waals surface area contributed by atoms with Gasteiger partial charge in [0, 0.05) is 13.0 Å². The van der Waals surface area contributed by atoms with E-state index in [-0.39, 0.29) is 31.7 Å². The van der Waals surface area contributed by atoms with E-state index in [0.717, 1.165) is 4.31 Å². The lowest BCUT2D eigenvalue weighted by molar-refractivity contribution is -0.137. The first kappa shape index (κ1) is 19.5. The summed E-state index contributed by atoms with van der Waals surface area (Å²) in [5, 5.41) is 7.39. The van der Waals surface area contributed by atoms with Crippen LogP contribution in [0, 0.1) is 0 Å². The molecule has 0 aromatic heterocycles. The molecule has 0 radical (unpaired) electrons. The number of ether oxygens (including phenoxy) is 1. The minimum Gasteiger partial charge on any atom is -0.481 e. The molecular formula is C18H19NO6S. The van der Waals surface area contributed by atoms with Crippen LogP contribution in [0.3, 0.4) is 0 Å². The summed E-state index contributed by atoms with van der Waals surface area (Å²) in [6.45, 7) is -0.310. The topological polar surface area (TPSA) is 101 Å². The Balaban J connectivity index is 2.15. The lowest BCUT2D eigenvalue weighted by Gasteiger charge is -2.22. The minimum absolute atomic E-state index is 0.0649. The molecule has 0 saturated carbocycles. The van der Waals surface area contributed by atoms with Crippen molar-refractivity contribution in [1.82, 2.24) is 0 Å². The molecule has 0 bridgehead atoms. The van der Waals surface area contributed by atoms with Crippen molar-refractivity contribution in [3.05, 3.63) is 66.2 Å². The SMILES string of the molecule is O=C(O)CCCN(c1ccccc1)S(=O)(=O)C(=O)OCc1ccccc1. The van der Waals surface area contributed by atoms with Crippen LogP contribution in [0.15, 0.2) is 60.7 Å². The van der Waals surface area contributed by atoms with Crippen molar-refractivity contribution in [3.8, 4) is 0 Å². The first-order chi connectivity index (χ1) is 12.4. The predicted molar refractivity (Wildman–Crippen MR) is 96.2 cm³/mol. The molecule has 0 heterocycles. The first-order valence-corrected chi connectivity index (χ1v) is 9.35. The number of hydrogen-bond donors (Lipinski definition) is 1. The molecule has 138 valence electrons. The maximum atomic E-state index is 12.6. The van der Waals surface area contributed by atoms with E-state index in [9.17, 15) is 18.0 Å². The molecule has 0 aliphatic carbocycles. The highest BCUT2D eigenvalue weighted by Crippen LogP contribution is 2.20. The molecule has 0 amide bonds. The van der Waals surface area contributed by atoms with Gasteiger partial charge in [0.15, 0.2) is 0 Å². The molecule has 1 N–H and O–H groups in total. The van der Waals surface area contributed by atoms with Gasteiger partial charge in [0.25, 0.3) is 0 Å². The number of aliphatic carboxylic acids is 1. The van der Waals surface area contributed by atoms with E-state index in [1.807, 2.05) is 0 Å². The lowest BCUT2D eigenvalue weighted by Crippen LogP contribution is -2.37. The summed E-state index contributed by atoms with van der Waals surface area (Å²) in [6, 6.07) is 16.7. The van der Waals surface area contributed by atoms with Crippen LogP contribution in [0.4, 0.5) is 10.5 Å². The molecule has 0 spiro atoms. The summed E-state index contributed by atoms with van der Waals surface area (Å²) in [5.74, 6) is -1.04. The summed E-state index contributed by atoms with van der Waals surface area (Å²) >= 11 is 0. The van der Waals surface area contributed by atoms with Crippen molar-refractivity contribution in [2.45, 2.75) is 19.4 Å². The quantitative estimate of drug-likeness (QED) is 0.710. The van der Waals surface area contributed by atoms with Gasteiger partial charge >= 0.3 is 21.3 Å². The van der Waals surface area contributed by atoms with Gasteiger partial charge in [0.05, 0.1) is 5.69 Å². The summed E-state index contributed by atoms with van der Waals surface area (Å²) < 4.78 is 31.1. The van der Waals surface area contributed by atoms with Crippen LogP contribution in [0.2, 0.25) is 0 Å². The number of carbonyl (C=O) groups excluding carboxylic acids is 1. The largest absolute Gasteiger partial charge is 0.481 e. The van der Waals surface area contributed by atoms with Crippen LogP contribution in [-0.2, 0) is 26.2 Å². The summed E-state index contributed by atoms with van der Waals surface area (Å²) in [6.07, 6.45) is -0.145. The van der Waals surface area contributed by atoms with Crippen molar-refractivity contribution in [1.29, 1.82) is 0 Å². The Kier molecular flexibility index (Phi) is 6.74. The highest BCUT2D eigenvalue weighted by molar-refractivity contribution is 8.06. The molecule has 8 heteroatoms. The van der Waals surface area contributed by atoms with E-state index in [4.69, 9.17) is 9.84 Å². The Bertz CT molecular complexity index is 836. The summed E-state index contributed by atoms with van der Waals surface area (Å²) in [5.41, 5.74) is 0.933. The number of carboxylic acids is 1. The van der Waals surface area contributed by atoms with Crippen LogP contribution >= 0.6 is 0 Å². The van der Waals surface area contributed by atoms with Crippen molar-refractivity contribution >= 4 is 27.0 Å². The molecular weight excluding hydrogens is 358 g/mol. The zero-order valence-electron chi connectivity index (χ0n) is 13.9. The Morgan fingerprint density at radius 1 is 0.962 bits per heavy atom. The van der Waals surface area contributed by atoms with Gasteiger partial charge in [0.1, 0.15) is 6.61 Å². The Morgan fingerprint density at radius 3 is 2.12 bits per heavy atom. The van der Waals surface area contributed by atoms with E-state index in [0.29, 0.717) is 5.56 Å². The highest BCUT2D eigenvalue weighted by atomic mass is 32.2. The van der Waals surface area contributed by atoms with Gasteiger partial charge in [-0.15, -0.1) is 0 Å². The molecule has 0 atom stereocenters. The molecule has 2 aromatic carbocycles. The second-order valence-electron chi connectivity index (χ2n) is 5.43. The fourth-order valence-corrected chi connectivity index (χ4v) is 3.39. The van der Waals surface area contributed by atoms with Gasteiger partial charge in [-0.25, -0.2) is 4.79 Å². The number of benzene rings is 2. The normalized spacial score (nSPS) is 10.9. The van der Waals surface area contributed by atoms with Gasteiger partial charge in [-0.05, 0) is 24.1 Å². The van der Waals surface area contributed by atoms with Crippen LogP contribution in [-0.4, -0.2) is 31.3 Å². The molecule has 0 unspecified atom stereocenters. The number of carbonyl (C=O) groups is 2. The zero-order chi connectivity index (χ0) is 19.0. The fourth-order valence-electron chi connectivity index (χ4n) is 2.24. The summed E-state index contributed by atoms with van der Waals surface area (Å²) in [4.78, 5) is 22.9. The standard InChI is InChI=1S/C18H19NO6S/c20-17(21)12-7-13-19(16-10-5-2-6-11-16)26(23,24)18(22)25-14-15-8-3-1-4-9-15/h1-6,8-11H,7,12-14H2,(H,20,21). The number of nitrogens with zero attached hydrogens (tertiary/aromatic N) is 1. The third-order valence-electron chi connectivity index (χ3n) is 3.50. The van der Waals surface area contributed by atoms with Crippen LogP contribution in [0.1, 0.15) is 18.4 Å². The fraction of sp³-hybridized carbons (Fsp3) is 0.222. The predicted octanol–water partition coefficient (Wildman–Crippen LogP) is 3.02. The molecule has 0 saturated heterocycles. The monoisotopic (exact) mass is 377 g/mol. The van der Waals surface area contributed by atoms with Gasteiger partial charge in [-0.1, -0.05) is 48.5 Å².